The van der Waals surface area contributed by atoms with Gasteiger partial charge in [-0.05, 0) is 32.9 Å². The lowest BCUT2D eigenvalue weighted by atomic mass is 10.3. The van der Waals surface area contributed by atoms with Crippen LogP contribution in [0, 0.1) is 6.92 Å². The molecule has 5 heteroatoms. The summed E-state index contributed by atoms with van der Waals surface area (Å²) in [5.74, 6) is 1.86. The standard InChI is InChI=1S/C13H16N4O/c1-9(2)14-12-15-10(3)16-13(17-12)18-11-7-5-4-6-8-11/h4-9H,1-3H3,(H,14,15,16,17). The van der Waals surface area contributed by atoms with Crippen molar-refractivity contribution in [2.75, 3.05) is 5.32 Å². The molecule has 0 amide bonds. The number of para-hydroxylation sites is 1. The lowest BCUT2D eigenvalue weighted by Gasteiger charge is -2.10. The largest absolute Gasteiger partial charge is 0.424 e. The van der Waals surface area contributed by atoms with Crippen LogP contribution in [0.25, 0.3) is 0 Å². The van der Waals surface area contributed by atoms with Crippen molar-refractivity contribution in [2.24, 2.45) is 0 Å². The molecule has 1 heterocycles. The van der Waals surface area contributed by atoms with Crippen LogP contribution in [0.2, 0.25) is 0 Å². The highest BCUT2D eigenvalue weighted by Gasteiger charge is 2.06. The molecule has 0 atom stereocenters. The first-order valence-electron chi connectivity index (χ1n) is 5.85. The van der Waals surface area contributed by atoms with Gasteiger partial charge in [0.1, 0.15) is 11.6 Å². The summed E-state index contributed by atoms with van der Waals surface area (Å²) in [5.41, 5.74) is 0. The molecule has 0 aliphatic rings. The van der Waals surface area contributed by atoms with Gasteiger partial charge in [0.15, 0.2) is 0 Å². The zero-order chi connectivity index (χ0) is 13.0. The van der Waals surface area contributed by atoms with Gasteiger partial charge in [0.05, 0.1) is 0 Å². The molecule has 0 bridgehead atoms. The molecule has 2 rings (SSSR count). The fraction of sp³-hybridized carbons (Fsp3) is 0.308. The van der Waals surface area contributed by atoms with Gasteiger partial charge in [-0.3, -0.25) is 0 Å². The molecule has 1 aromatic carbocycles. The van der Waals surface area contributed by atoms with Crippen molar-refractivity contribution in [2.45, 2.75) is 26.8 Å². The van der Waals surface area contributed by atoms with Crippen molar-refractivity contribution in [1.82, 2.24) is 15.0 Å². The van der Waals surface area contributed by atoms with Gasteiger partial charge in [0, 0.05) is 6.04 Å². The number of rotatable bonds is 4. The summed E-state index contributed by atoms with van der Waals surface area (Å²) in [5, 5.41) is 3.13. The minimum atomic E-state index is 0.261. The van der Waals surface area contributed by atoms with E-state index in [0.717, 1.165) is 0 Å². The first kappa shape index (κ1) is 12.3. The fourth-order valence-corrected chi connectivity index (χ4v) is 1.42. The van der Waals surface area contributed by atoms with Gasteiger partial charge in [-0.15, -0.1) is 0 Å². The second kappa shape index (κ2) is 5.44. The predicted molar refractivity (Wildman–Crippen MR) is 69.8 cm³/mol. The van der Waals surface area contributed by atoms with Crippen molar-refractivity contribution in [3.8, 4) is 11.8 Å². The number of aryl methyl sites for hydroxylation is 1. The van der Waals surface area contributed by atoms with E-state index in [2.05, 4.69) is 20.3 Å². The molecule has 18 heavy (non-hydrogen) atoms. The summed E-state index contributed by atoms with van der Waals surface area (Å²) in [4.78, 5) is 12.6. The summed E-state index contributed by atoms with van der Waals surface area (Å²) < 4.78 is 5.58. The summed E-state index contributed by atoms with van der Waals surface area (Å²) in [6.45, 7) is 5.86. The zero-order valence-electron chi connectivity index (χ0n) is 10.7. The van der Waals surface area contributed by atoms with Gasteiger partial charge in [0.25, 0.3) is 0 Å². The molecule has 0 spiro atoms. The van der Waals surface area contributed by atoms with Gasteiger partial charge in [0.2, 0.25) is 5.95 Å². The minimum absolute atomic E-state index is 0.261. The fourth-order valence-electron chi connectivity index (χ4n) is 1.42. The third-order valence-electron chi connectivity index (χ3n) is 2.10. The summed E-state index contributed by atoms with van der Waals surface area (Å²) in [7, 11) is 0. The normalized spacial score (nSPS) is 10.4. The Kier molecular flexibility index (Phi) is 3.72. The maximum Gasteiger partial charge on any atom is 0.327 e. The Morgan fingerprint density at radius 1 is 1.06 bits per heavy atom. The lowest BCUT2D eigenvalue weighted by Crippen LogP contribution is -2.13. The number of aromatic nitrogens is 3. The van der Waals surface area contributed by atoms with E-state index < -0.39 is 0 Å². The number of ether oxygens (including phenoxy) is 1. The second-order valence-electron chi connectivity index (χ2n) is 4.20. The van der Waals surface area contributed by atoms with Crippen LogP contribution in [-0.4, -0.2) is 21.0 Å². The Balaban J connectivity index is 2.20. The molecule has 0 unspecified atom stereocenters. The molecule has 2 aromatic rings. The Morgan fingerprint density at radius 3 is 2.44 bits per heavy atom. The Morgan fingerprint density at radius 2 is 1.78 bits per heavy atom. The minimum Gasteiger partial charge on any atom is -0.424 e. The smallest absolute Gasteiger partial charge is 0.327 e. The van der Waals surface area contributed by atoms with Crippen LogP contribution >= 0.6 is 0 Å². The quantitative estimate of drug-likeness (QED) is 0.896. The van der Waals surface area contributed by atoms with E-state index in [0.29, 0.717) is 23.5 Å². The van der Waals surface area contributed by atoms with Gasteiger partial charge in [-0.1, -0.05) is 18.2 Å². The third-order valence-corrected chi connectivity index (χ3v) is 2.10. The Labute approximate surface area is 106 Å². The van der Waals surface area contributed by atoms with Crippen LogP contribution in [0.15, 0.2) is 30.3 Å². The molecule has 1 aromatic heterocycles. The van der Waals surface area contributed by atoms with Crippen molar-refractivity contribution in [3.63, 3.8) is 0 Å². The predicted octanol–water partition coefficient (Wildman–Crippen LogP) is 2.79. The molecule has 0 saturated heterocycles. The van der Waals surface area contributed by atoms with Crippen LogP contribution in [-0.2, 0) is 0 Å². The topological polar surface area (TPSA) is 59.9 Å². The molecule has 0 fully saturated rings. The van der Waals surface area contributed by atoms with Gasteiger partial charge in [-0.25, -0.2) is 0 Å². The number of benzene rings is 1. The molecule has 94 valence electrons. The molecule has 1 N–H and O–H groups in total. The maximum atomic E-state index is 5.58. The number of hydrogen-bond donors (Lipinski definition) is 1. The highest BCUT2D eigenvalue weighted by molar-refractivity contribution is 5.29. The molecule has 0 aliphatic heterocycles. The van der Waals surface area contributed by atoms with Crippen molar-refractivity contribution < 1.29 is 4.74 Å². The first-order valence-corrected chi connectivity index (χ1v) is 5.85. The van der Waals surface area contributed by atoms with Crippen molar-refractivity contribution >= 4 is 5.95 Å². The Hall–Kier alpha value is -2.17. The monoisotopic (exact) mass is 244 g/mol. The second-order valence-corrected chi connectivity index (χ2v) is 4.20. The summed E-state index contributed by atoms with van der Waals surface area (Å²) >= 11 is 0. The Bertz CT molecular complexity index is 514. The molecule has 0 saturated carbocycles. The van der Waals surface area contributed by atoms with Crippen molar-refractivity contribution in [1.29, 1.82) is 0 Å². The van der Waals surface area contributed by atoms with Gasteiger partial charge >= 0.3 is 6.01 Å². The van der Waals surface area contributed by atoms with E-state index in [1.54, 1.807) is 0 Å². The average Bonchev–Trinajstić information content (AvgIpc) is 2.28. The number of anilines is 1. The SMILES string of the molecule is Cc1nc(NC(C)C)nc(Oc2ccccc2)n1. The molecule has 5 nitrogen and oxygen atoms in total. The van der Waals surface area contributed by atoms with Crippen LogP contribution < -0.4 is 10.1 Å². The first-order chi connectivity index (χ1) is 8.63. The van der Waals surface area contributed by atoms with E-state index in [9.17, 15) is 0 Å². The van der Waals surface area contributed by atoms with Crippen LogP contribution in [0.4, 0.5) is 5.95 Å². The van der Waals surface area contributed by atoms with Crippen molar-refractivity contribution in [3.05, 3.63) is 36.2 Å². The summed E-state index contributed by atoms with van der Waals surface area (Å²) in [6, 6.07) is 10.0. The highest BCUT2D eigenvalue weighted by atomic mass is 16.5. The van der Waals surface area contributed by atoms with E-state index in [1.165, 1.54) is 0 Å². The molecular formula is C13H16N4O. The van der Waals surface area contributed by atoms with Crippen LogP contribution in [0.1, 0.15) is 19.7 Å². The summed E-state index contributed by atoms with van der Waals surface area (Å²) in [6.07, 6.45) is 0. The van der Waals surface area contributed by atoms with E-state index in [-0.39, 0.29) is 6.04 Å². The molecule has 0 aliphatic carbocycles. The number of nitrogens with zero attached hydrogens (tertiary/aromatic N) is 3. The zero-order valence-corrected chi connectivity index (χ0v) is 10.7. The molecular weight excluding hydrogens is 228 g/mol. The van der Waals surface area contributed by atoms with Crippen LogP contribution in [0.3, 0.4) is 0 Å². The number of hydrogen-bond acceptors (Lipinski definition) is 5. The molecule has 0 radical (unpaired) electrons. The van der Waals surface area contributed by atoms with E-state index >= 15 is 0 Å². The van der Waals surface area contributed by atoms with E-state index in [1.807, 2.05) is 51.1 Å². The maximum absolute atomic E-state index is 5.58. The average molecular weight is 244 g/mol. The van der Waals surface area contributed by atoms with Crippen LogP contribution in [0.5, 0.6) is 11.8 Å². The van der Waals surface area contributed by atoms with Gasteiger partial charge < -0.3 is 10.1 Å². The lowest BCUT2D eigenvalue weighted by molar-refractivity contribution is 0.438. The number of nitrogens with one attached hydrogen (secondary N) is 1. The van der Waals surface area contributed by atoms with E-state index in [4.69, 9.17) is 4.74 Å². The van der Waals surface area contributed by atoms with Gasteiger partial charge in [-0.2, -0.15) is 15.0 Å². The third kappa shape index (κ3) is 3.41. The highest BCUT2D eigenvalue weighted by Crippen LogP contribution is 2.17.